The Morgan fingerprint density at radius 2 is 2.22 bits per heavy atom. The standard InChI is InChI=1S/C11H14ClN5O/c12-9-10(13)14-6-15-11(9)16-3-4-17-7(5-16)1-2-8(17)18/h6-7H,1-5H2,(H2,13,14,15). The molecular formula is C11H14ClN5O. The van der Waals surface area contributed by atoms with Crippen molar-refractivity contribution in [2.75, 3.05) is 30.3 Å². The van der Waals surface area contributed by atoms with Crippen LogP contribution in [0.1, 0.15) is 12.8 Å². The Bertz CT molecular complexity index is 494. The molecule has 96 valence electrons. The van der Waals surface area contributed by atoms with E-state index in [-0.39, 0.29) is 11.9 Å². The number of fused-ring (bicyclic) bond motifs is 1. The molecule has 7 heteroatoms. The van der Waals surface area contributed by atoms with Crippen molar-refractivity contribution < 1.29 is 4.79 Å². The number of halogens is 1. The van der Waals surface area contributed by atoms with E-state index < -0.39 is 0 Å². The molecule has 0 spiro atoms. The van der Waals surface area contributed by atoms with Gasteiger partial charge in [-0.25, -0.2) is 9.97 Å². The van der Waals surface area contributed by atoms with Crippen LogP contribution in [-0.2, 0) is 4.79 Å². The summed E-state index contributed by atoms with van der Waals surface area (Å²) in [6, 6.07) is 0.276. The van der Waals surface area contributed by atoms with Crippen molar-refractivity contribution in [3.05, 3.63) is 11.3 Å². The molecule has 1 atom stereocenters. The van der Waals surface area contributed by atoms with Crippen molar-refractivity contribution in [2.45, 2.75) is 18.9 Å². The summed E-state index contributed by atoms with van der Waals surface area (Å²) in [5.41, 5.74) is 5.68. The Balaban J connectivity index is 1.83. The molecule has 18 heavy (non-hydrogen) atoms. The van der Waals surface area contributed by atoms with Crippen LogP contribution in [-0.4, -0.2) is 46.5 Å². The van der Waals surface area contributed by atoms with Crippen molar-refractivity contribution in [3.8, 4) is 0 Å². The Hall–Kier alpha value is -1.56. The summed E-state index contributed by atoms with van der Waals surface area (Å²) in [6.45, 7) is 2.23. The molecule has 2 aliphatic rings. The van der Waals surface area contributed by atoms with Crippen LogP contribution >= 0.6 is 11.6 Å². The summed E-state index contributed by atoms with van der Waals surface area (Å²) in [5.74, 6) is 1.22. The average molecular weight is 268 g/mol. The lowest BCUT2D eigenvalue weighted by Crippen LogP contribution is -2.51. The Morgan fingerprint density at radius 1 is 1.39 bits per heavy atom. The molecule has 0 saturated carbocycles. The first-order chi connectivity index (χ1) is 8.66. The van der Waals surface area contributed by atoms with Crippen LogP contribution in [0.25, 0.3) is 0 Å². The number of carbonyl (C=O) groups excluding carboxylic acids is 1. The van der Waals surface area contributed by atoms with Crippen molar-refractivity contribution in [3.63, 3.8) is 0 Å². The van der Waals surface area contributed by atoms with Gasteiger partial charge < -0.3 is 15.5 Å². The molecule has 0 aliphatic carbocycles. The highest BCUT2D eigenvalue weighted by Crippen LogP contribution is 2.31. The number of rotatable bonds is 1. The van der Waals surface area contributed by atoms with Gasteiger partial charge in [-0.3, -0.25) is 4.79 Å². The summed E-state index contributed by atoms with van der Waals surface area (Å²) in [4.78, 5) is 23.7. The first-order valence-electron chi connectivity index (χ1n) is 5.97. The lowest BCUT2D eigenvalue weighted by molar-refractivity contribution is -0.129. The molecule has 1 amide bonds. The van der Waals surface area contributed by atoms with Gasteiger partial charge >= 0.3 is 0 Å². The second-order valence-electron chi connectivity index (χ2n) is 4.62. The van der Waals surface area contributed by atoms with Crippen LogP contribution in [0.4, 0.5) is 11.6 Å². The molecule has 1 unspecified atom stereocenters. The van der Waals surface area contributed by atoms with E-state index in [0.717, 1.165) is 26.1 Å². The number of hydrogen-bond donors (Lipinski definition) is 1. The molecule has 3 heterocycles. The second kappa shape index (κ2) is 4.28. The Labute approximate surface area is 110 Å². The third kappa shape index (κ3) is 1.77. The first kappa shape index (κ1) is 11.5. The highest BCUT2D eigenvalue weighted by atomic mass is 35.5. The second-order valence-corrected chi connectivity index (χ2v) is 5.00. The van der Waals surface area contributed by atoms with E-state index in [9.17, 15) is 4.79 Å². The van der Waals surface area contributed by atoms with Crippen LogP contribution in [0, 0.1) is 0 Å². The quantitative estimate of drug-likeness (QED) is 0.803. The summed E-state index contributed by atoms with van der Waals surface area (Å²) < 4.78 is 0. The number of aromatic nitrogens is 2. The van der Waals surface area contributed by atoms with Gasteiger partial charge in [-0.1, -0.05) is 11.6 Å². The predicted molar refractivity (Wildman–Crippen MR) is 68.4 cm³/mol. The summed E-state index contributed by atoms with van der Waals surface area (Å²) in [5, 5.41) is 0.398. The Morgan fingerprint density at radius 3 is 3.06 bits per heavy atom. The molecule has 2 N–H and O–H groups in total. The zero-order valence-corrected chi connectivity index (χ0v) is 10.6. The molecule has 1 aromatic rings. The van der Waals surface area contributed by atoms with Crippen LogP contribution in [0.2, 0.25) is 5.02 Å². The van der Waals surface area contributed by atoms with E-state index in [1.807, 2.05) is 4.90 Å². The Kier molecular flexibility index (Phi) is 2.74. The minimum absolute atomic E-state index is 0.257. The van der Waals surface area contributed by atoms with Gasteiger partial charge in [0.05, 0.1) is 0 Å². The van der Waals surface area contributed by atoms with E-state index in [4.69, 9.17) is 17.3 Å². The zero-order chi connectivity index (χ0) is 12.7. The van der Waals surface area contributed by atoms with Gasteiger partial charge in [0.15, 0.2) is 5.82 Å². The number of carbonyl (C=O) groups is 1. The van der Waals surface area contributed by atoms with Gasteiger partial charge in [0.2, 0.25) is 5.91 Å². The number of anilines is 2. The fraction of sp³-hybridized carbons (Fsp3) is 0.545. The monoisotopic (exact) mass is 267 g/mol. The van der Waals surface area contributed by atoms with E-state index in [1.54, 1.807) is 0 Å². The number of nitrogen functional groups attached to an aromatic ring is 1. The minimum Gasteiger partial charge on any atom is -0.382 e. The van der Waals surface area contributed by atoms with Crippen molar-refractivity contribution >= 4 is 29.1 Å². The number of nitrogens with zero attached hydrogens (tertiary/aromatic N) is 4. The van der Waals surface area contributed by atoms with Gasteiger partial charge in [-0.15, -0.1) is 0 Å². The molecule has 2 aliphatic heterocycles. The van der Waals surface area contributed by atoms with Crippen LogP contribution in [0.5, 0.6) is 0 Å². The van der Waals surface area contributed by atoms with E-state index in [2.05, 4.69) is 14.9 Å². The normalized spacial score (nSPS) is 23.4. The number of piperazine rings is 1. The fourth-order valence-electron chi connectivity index (χ4n) is 2.65. The minimum atomic E-state index is 0.257. The van der Waals surface area contributed by atoms with Gasteiger partial charge in [-0.2, -0.15) is 0 Å². The molecule has 0 aromatic carbocycles. The topological polar surface area (TPSA) is 75.3 Å². The third-order valence-electron chi connectivity index (χ3n) is 3.59. The molecule has 6 nitrogen and oxygen atoms in total. The van der Waals surface area contributed by atoms with Crippen LogP contribution < -0.4 is 10.6 Å². The van der Waals surface area contributed by atoms with Crippen molar-refractivity contribution in [1.29, 1.82) is 0 Å². The third-order valence-corrected chi connectivity index (χ3v) is 3.95. The summed E-state index contributed by atoms with van der Waals surface area (Å²) in [7, 11) is 0. The maximum absolute atomic E-state index is 11.6. The summed E-state index contributed by atoms with van der Waals surface area (Å²) >= 11 is 6.13. The van der Waals surface area contributed by atoms with Crippen LogP contribution in [0.15, 0.2) is 6.33 Å². The van der Waals surface area contributed by atoms with Crippen molar-refractivity contribution in [1.82, 2.24) is 14.9 Å². The van der Waals surface area contributed by atoms with Gasteiger partial charge in [0.1, 0.15) is 17.2 Å². The first-order valence-corrected chi connectivity index (χ1v) is 6.35. The van der Waals surface area contributed by atoms with Gasteiger partial charge in [0, 0.05) is 32.1 Å². The molecule has 1 aromatic heterocycles. The highest BCUT2D eigenvalue weighted by Gasteiger charge is 2.36. The molecular weight excluding hydrogens is 254 g/mol. The molecule has 3 rings (SSSR count). The van der Waals surface area contributed by atoms with Gasteiger partial charge in [0.25, 0.3) is 0 Å². The number of hydrogen-bond acceptors (Lipinski definition) is 5. The van der Waals surface area contributed by atoms with E-state index in [0.29, 0.717) is 23.1 Å². The molecule has 0 radical (unpaired) electrons. The smallest absolute Gasteiger partial charge is 0.223 e. The van der Waals surface area contributed by atoms with E-state index in [1.165, 1.54) is 6.33 Å². The van der Waals surface area contributed by atoms with Gasteiger partial charge in [-0.05, 0) is 6.42 Å². The molecule has 0 bridgehead atoms. The number of amides is 1. The van der Waals surface area contributed by atoms with E-state index >= 15 is 0 Å². The highest BCUT2D eigenvalue weighted by molar-refractivity contribution is 6.35. The lowest BCUT2D eigenvalue weighted by atomic mass is 10.1. The number of nitrogens with two attached hydrogens (primary N) is 1. The maximum atomic E-state index is 11.6. The molecule has 2 fully saturated rings. The summed E-state index contributed by atoms with van der Waals surface area (Å²) in [6.07, 6.45) is 2.98. The SMILES string of the molecule is Nc1ncnc(N2CCN3C(=O)CCC3C2)c1Cl. The molecule has 2 saturated heterocycles. The van der Waals surface area contributed by atoms with Crippen LogP contribution in [0.3, 0.4) is 0 Å². The van der Waals surface area contributed by atoms with Crippen molar-refractivity contribution in [2.24, 2.45) is 0 Å². The lowest BCUT2D eigenvalue weighted by Gasteiger charge is -2.38. The fourth-order valence-corrected chi connectivity index (χ4v) is 2.87. The zero-order valence-electron chi connectivity index (χ0n) is 9.84. The maximum Gasteiger partial charge on any atom is 0.223 e. The largest absolute Gasteiger partial charge is 0.382 e. The predicted octanol–water partition coefficient (Wildman–Crippen LogP) is 0.523. The average Bonchev–Trinajstić information content (AvgIpc) is 2.74.